The van der Waals surface area contributed by atoms with Gasteiger partial charge in [0.1, 0.15) is 10.8 Å². The first-order chi connectivity index (χ1) is 13.5. The smallest absolute Gasteiger partial charge is 0.229 e. The number of anilines is 3. The molecule has 8 nitrogen and oxygen atoms in total. The van der Waals surface area contributed by atoms with Gasteiger partial charge in [0.2, 0.25) is 5.95 Å². The lowest BCUT2D eigenvalue weighted by Crippen LogP contribution is -2.17. The zero-order valence-electron chi connectivity index (χ0n) is 15.9. The molecular weight excluding hydrogens is 380 g/mol. The summed E-state index contributed by atoms with van der Waals surface area (Å²) in [4.78, 5) is 8.65. The van der Waals surface area contributed by atoms with Gasteiger partial charge < -0.3 is 20.5 Å². The molecule has 1 aromatic carbocycles. The minimum atomic E-state index is -0.444. The van der Waals surface area contributed by atoms with E-state index in [9.17, 15) is 5.11 Å². The Labute approximate surface area is 168 Å². The number of methoxy groups -OCH3 is 1. The predicted molar refractivity (Wildman–Crippen MR) is 109 cm³/mol. The van der Waals surface area contributed by atoms with E-state index in [2.05, 4.69) is 25.7 Å². The second-order valence-electron chi connectivity index (χ2n) is 6.44. The Balaban J connectivity index is 1.82. The Morgan fingerprint density at radius 1 is 1.25 bits per heavy atom. The van der Waals surface area contributed by atoms with E-state index in [-0.39, 0.29) is 12.6 Å². The van der Waals surface area contributed by atoms with Gasteiger partial charge >= 0.3 is 0 Å². The van der Waals surface area contributed by atoms with Crippen LogP contribution in [-0.4, -0.2) is 38.6 Å². The third kappa shape index (κ3) is 4.52. The van der Waals surface area contributed by atoms with Crippen molar-refractivity contribution in [1.82, 2.24) is 19.7 Å². The van der Waals surface area contributed by atoms with Gasteiger partial charge in [0.05, 0.1) is 37.8 Å². The number of aliphatic hydroxyl groups excluding tert-OH is 1. The molecule has 2 heterocycles. The summed E-state index contributed by atoms with van der Waals surface area (Å²) in [6.07, 6.45) is 5.08. The maximum atomic E-state index is 9.88. The molecule has 148 valence electrons. The summed E-state index contributed by atoms with van der Waals surface area (Å²) in [5.74, 6) is 1.44. The molecule has 1 atom stereocenters. The van der Waals surface area contributed by atoms with Crippen molar-refractivity contribution in [2.24, 2.45) is 0 Å². The van der Waals surface area contributed by atoms with Gasteiger partial charge in [-0.05, 0) is 19.9 Å². The molecule has 1 unspecified atom stereocenters. The molecule has 0 saturated carbocycles. The van der Waals surface area contributed by atoms with Crippen molar-refractivity contribution in [3.05, 3.63) is 53.4 Å². The molecule has 0 amide bonds. The number of hydrogen-bond donors (Lipinski definition) is 3. The highest BCUT2D eigenvalue weighted by molar-refractivity contribution is 6.32. The van der Waals surface area contributed by atoms with Gasteiger partial charge in [0.15, 0.2) is 5.82 Å². The molecule has 0 bridgehead atoms. The fourth-order valence-corrected chi connectivity index (χ4v) is 2.83. The van der Waals surface area contributed by atoms with Crippen LogP contribution in [0.15, 0.2) is 42.9 Å². The Hall–Kier alpha value is -2.84. The summed E-state index contributed by atoms with van der Waals surface area (Å²) in [5, 5.41) is 20.8. The van der Waals surface area contributed by atoms with Crippen molar-refractivity contribution in [2.45, 2.75) is 25.9 Å². The zero-order chi connectivity index (χ0) is 20.1. The summed E-state index contributed by atoms with van der Waals surface area (Å²) < 4.78 is 7.22. The average Bonchev–Trinajstić information content (AvgIpc) is 3.17. The van der Waals surface area contributed by atoms with E-state index in [0.717, 1.165) is 11.3 Å². The second-order valence-corrected chi connectivity index (χ2v) is 6.85. The monoisotopic (exact) mass is 402 g/mol. The normalized spacial score (nSPS) is 12.1. The van der Waals surface area contributed by atoms with Crippen molar-refractivity contribution in [1.29, 1.82) is 0 Å². The molecule has 0 aliphatic heterocycles. The van der Waals surface area contributed by atoms with Crippen LogP contribution in [0.1, 0.15) is 31.5 Å². The first kappa shape index (κ1) is 19.9. The van der Waals surface area contributed by atoms with Gasteiger partial charge in [-0.1, -0.05) is 29.8 Å². The summed E-state index contributed by atoms with van der Waals surface area (Å²) >= 11 is 6.26. The molecular formula is C19H23ClN6O2. The predicted octanol–water partition coefficient (Wildman–Crippen LogP) is 3.81. The molecule has 3 aromatic rings. The molecule has 0 saturated heterocycles. The minimum absolute atomic E-state index is 0.162. The zero-order valence-corrected chi connectivity index (χ0v) is 16.7. The summed E-state index contributed by atoms with van der Waals surface area (Å²) in [6, 6.07) is 7.27. The fraction of sp³-hybridized carbons (Fsp3) is 0.316. The lowest BCUT2D eigenvalue weighted by Gasteiger charge is -2.20. The third-order valence-electron chi connectivity index (χ3n) is 4.14. The highest BCUT2D eigenvalue weighted by atomic mass is 35.5. The van der Waals surface area contributed by atoms with Crippen LogP contribution in [0.3, 0.4) is 0 Å². The summed E-state index contributed by atoms with van der Waals surface area (Å²) in [6.45, 7) is 3.93. The second kappa shape index (κ2) is 8.90. The van der Waals surface area contributed by atoms with Gasteiger partial charge in [0, 0.05) is 17.8 Å². The largest absolute Gasteiger partial charge is 0.496 e. The van der Waals surface area contributed by atoms with Crippen LogP contribution in [0.5, 0.6) is 5.75 Å². The number of ether oxygens (including phenoxy) is 1. The number of nitrogens with one attached hydrogen (secondary N) is 2. The van der Waals surface area contributed by atoms with Crippen molar-refractivity contribution >= 4 is 29.1 Å². The van der Waals surface area contributed by atoms with Crippen LogP contribution in [0.25, 0.3) is 0 Å². The van der Waals surface area contributed by atoms with Crippen molar-refractivity contribution in [3.8, 4) is 5.75 Å². The first-order valence-electron chi connectivity index (χ1n) is 8.85. The highest BCUT2D eigenvalue weighted by Crippen LogP contribution is 2.30. The maximum absolute atomic E-state index is 9.88. The number of nitrogens with zero attached hydrogens (tertiary/aromatic N) is 4. The molecule has 0 radical (unpaired) electrons. The molecule has 0 aliphatic carbocycles. The van der Waals surface area contributed by atoms with E-state index in [0.29, 0.717) is 22.5 Å². The van der Waals surface area contributed by atoms with E-state index in [4.69, 9.17) is 16.3 Å². The van der Waals surface area contributed by atoms with E-state index in [1.165, 1.54) is 6.20 Å². The number of aliphatic hydroxyl groups is 1. The van der Waals surface area contributed by atoms with E-state index >= 15 is 0 Å². The topological polar surface area (TPSA) is 97.1 Å². The number of hydrogen-bond acceptors (Lipinski definition) is 7. The highest BCUT2D eigenvalue weighted by Gasteiger charge is 2.17. The first-order valence-corrected chi connectivity index (χ1v) is 9.23. The van der Waals surface area contributed by atoms with Gasteiger partial charge in [-0.25, -0.2) is 4.98 Å². The standard InChI is InChI=1S/C19H23ClN6O2/c1-12(2)26-10-13(8-22-26)23-19-21-9-15(20)18(25-19)24-16(11-27)14-6-4-5-7-17(14)28-3/h4-10,12,16,27H,11H2,1-3H3,(H2,21,23,24,25). The summed E-state index contributed by atoms with van der Waals surface area (Å²) in [7, 11) is 1.59. The van der Waals surface area contributed by atoms with E-state index < -0.39 is 6.04 Å². The number of benzene rings is 1. The molecule has 0 aliphatic rings. The van der Waals surface area contributed by atoms with Crippen molar-refractivity contribution in [2.75, 3.05) is 24.4 Å². The van der Waals surface area contributed by atoms with Crippen molar-refractivity contribution < 1.29 is 9.84 Å². The number of aromatic nitrogens is 4. The van der Waals surface area contributed by atoms with Gasteiger partial charge in [-0.3, -0.25) is 4.68 Å². The number of halogens is 1. The Morgan fingerprint density at radius 3 is 2.71 bits per heavy atom. The third-order valence-corrected chi connectivity index (χ3v) is 4.42. The van der Waals surface area contributed by atoms with Crippen LogP contribution in [0, 0.1) is 0 Å². The average molecular weight is 403 g/mol. The van der Waals surface area contributed by atoms with Crippen molar-refractivity contribution in [3.63, 3.8) is 0 Å². The Kier molecular flexibility index (Phi) is 6.33. The van der Waals surface area contributed by atoms with Gasteiger partial charge in [-0.15, -0.1) is 0 Å². The molecule has 0 fully saturated rings. The minimum Gasteiger partial charge on any atom is -0.496 e. The molecule has 2 aromatic heterocycles. The Bertz CT molecular complexity index is 930. The molecule has 0 spiro atoms. The molecule has 3 rings (SSSR count). The van der Waals surface area contributed by atoms with E-state index in [1.54, 1.807) is 13.3 Å². The molecule has 3 N–H and O–H groups in total. The van der Waals surface area contributed by atoms with Crippen LogP contribution >= 0.6 is 11.6 Å². The number of rotatable bonds is 8. The molecule has 28 heavy (non-hydrogen) atoms. The van der Waals surface area contributed by atoms with Crippen LogP contribution in [0.4, 0.5) is 17.5 Å². The lowest BCUT2D eigenvalue weighted by molar-refractivity contribution is 0.273. The molecule has 9 heteroatoms. The van der Waals surface area contributed by atoms with Crippen LogP contribution in [-0.2, 0) is 0 Å². The fourth-order valence-electron chi connectivity index (χ4n) is 2.68. The lowest BCUT2D eigenvalue weighted by atomic mass is 10.1. The van der Waals surface area contributed by atoms with Gasteiger partial charge in [-0.2, -0.15) is 10.1 Å². The Morgan fingerprint density at radius 2 is 2.04 bits per heavy atom. The quantitative estimate of drug-likeness (QED) is 0.527. The van der Waals surface area contributed by atoms with E-state index in [1.807, 2.05) is 49.0 Å². The summed E-state index contributed by atoms with van der Waals surface area (Å²) in [5.41, 5.74) is 1.57. The number of para-hydroxylation sites is 1. The SMILES string of the molecule is COc1ccccc1C(CO)Nc1nc(Nc2cnn(C(C)C)c2)ncc1Cl. The van der Waals surface area contributed by atoms with Gasteiger partial charge in [0.25, 0.3) is 0 Å². The van der Waals surface area contributed by atoms with Crippen LogP contribution < -0.4 is 15.4 Å². The maximum Gasteiger partial charge on any atom is 0.229 e. The van der Waals surface area contributed by atoms with Crippen LogP contribution in [0.2, 0.25) is 5.02 Å².